The number of nitrogens with zero attached hydrogens (tertiary/aromatic N) is 2. The third-order valence-electron chi connectivity index (χ3n) is 3.34. The second kappa shape index (κ2) is 6.05. The van der Waals surface area contributed by atoms with Gasteiger partial charge in [-0.15, -0.1) is 6.58 Å². The van der Waals surface area contributed by atoms with E-state index < -0.39 is 0 Å². The zero-order valence-corrected chi connectivity index (χ0v) is 11.1. The van der Waals surface area contributed by atoms with Crippen LogP contribution < -0.4 is 10.9 Å². The summed E-state index contributed by atoms with van der Waals surface area (Å²) in [4.78, 5) is 11.9. The highest BCUT2D eigenvalue weighted by Crippen LogP contribution is 2.25. The fraction of sp³-hybridized carbons (Fsp3) is 0.538. The van der Waals surface area contributed by atoms with Crippen molar-refractivity contribution in [1.29, 1.82) is 0 Å². The second-order valence-corrected chi connectivity index (χ2v) is 5.06. The molecule has 1 heterocycles. The normalized spacial score (nSPS) is 15.8. The Bertz CT molecular complexity index is 478. The van der Waals surface area contributed by atoms with E-state index in [1.165, 1.54) is 30.4 Å². The van der Waals surface area contributed by atoms with Gasteiger partial charge in [-0.25, -0.2) is 4.68 Å². The Balaban J connectivity index is 2.06. The third-order valence-corrected chi connectivity index (χ3v) is 3.71. The summed E-state index contributed by atoms with van der Waals surface area (Å²) in [5.74, 6) is 0.691. The maximum absolute atomic E-state index is 11.9. The van der Waals surface area contributed by atoms with Gasteiger partial charge in [-0.05, 0) is 18.8 Å². The number of aromatic nitrogens is 2. The van der Waals surface area contributed by atoms with E-state index in [9.17, 15) is 4.79 Å². The summed E-state index contributed by atoms with van der Waals surface area (Å²) in [7, 11) is 0. The van der Waals surface area contributed by atoms with E-state index in [0.29, 0.717) is 18.2 Å². The third kappa shape index (κ3) is 2.93. The molecule has 0 unspecified atom stereocenters. The fourth-order valence-electron chi connectivity index (χ4n) is 2.31. The molecule has 0 amide bonds. The van der Waals surface area contributed by atoms with Crippen molar-refractivity contribution in [3.63, 3.8) is 0 Å². The molecular weight excluding hydrogens is 250 g/mol. The van der Waals surface area contributed by atoms with Crippen LogP contribution in [0.5, 0.6) is 0 Å². The first-order valence-corrected chi connectivity index (χ1v) is 6.70. The maximum atomic E-state index is 11.9. The topological polar surface area (TPSA) is 46.9 Å². The molecule has 1 N–H and O–H groups in total. The van der Waals surface area contributed by atoms with Crippen LogP contribution in [-0.4, -0.2) is 16.3 Å². The Labute approximate surface area is 112 Å². The number of halogens is 1. The lowest BCUT2D eigenvalue weighted by Gasteiger charge is -2.13. The van der Waals surface area contributed by atoms with Crippen LogP contribution in [0.4, 0.5) is 5.69 Å². The van der Waals surface area contributed by atoms with Crippen LogP contribution in [0.3, 0.4) is 0 Å². The number of allylic oxidation sites excluding steroid dienone is 1. The van der Waals surface area contributed by atoms with Gasteiger partial charge in [0.25, 0.3) is 5.56 Å². The Morgan fingerprint density at radius 2 is 2.28 bits per heavy atom. The average Bonchev–Trinajstić information content (AvgIpc) is 2.87. The minimum atomic E-state index is -0.270. The summed E-state index contributed by atoms with van der Waals surface area (Å²) in [5.41, 5.74) is 0.363. The first-order valence-electron chi connectivity index (χ1n) is 6.32. The fourth-order valence-corrected chi connectivity index (χ4v) is 2.52. The lowest BCUT2D eigenvalue weighted by Crippen LogP contribution is -2.24. The van der Waals surface area contributed by atoms with Gasteiger partial charge in [0, 0.05) is 6.54 Å². The van der Waals surface area contributed by atoms with E-state index in [4.69, 9.17) is 11.6 Å². The van der Waals surface area contributed by atoms with Gasteiger partial charge in [-0.3, -0.25) is 4.79 Å². The first kappa shape index (κ1) is 13.1. The second-order valence-electron chi connectivity index (χ2n) is 4.68. The van der Waals surface area contributed by atoms with Gasteiger partial charge in [-0.2, -0.15) is 5.10 Å². The molecule has 0 saturated heterocycles. The number of nitrogens with one attached hydrogen (secondary N) is 1. The summed E-state index contributed by atoms with van der Waals surface area (Å²) in [6.07, 6.45) is 8.36. The number of rotatable bonds is 5. The van der Waals surface area contributed by atoms with Crippen molar-refractivity contribution >= 4 is 17.3 Å². The van der Waals surface area contributed by atoms with Gasteiger partial charge in [0.05, 0.1) is 18.4 Å². The lowest BCUT2D eigenvalue weighted by atomic mass is 10.1. The summed E-state index contributed by atoms with van der Waals surface area (Å²) in [6, 6.07) is 0. The van der Waals surface area contributed by atoms with Gasteiger partial charge in [0.15, 0.2) is 0 Å². The Morgan fingerprint density at radius 3 is 2.94 bits per heavy atom. The monoisotopic (exact) mass is 267 g/mol. The van der Waals surface area contributed by atoms with Crippen LogP contribution in [0.25, 0.3) is 0 Å². The highest BCUT2D eigenvalue weighted by Gasteiger charge is 2.16. The van der Waals surface area contributed by atoms with Crippen molar-refractivity contribution in [1.82, 2.24) is 9.78 Å². The summed E-state index contributed by atoms with van der Waals surface area (Å²) >= 11 is 6.05. The Hall–Kier alpha value is -1.29. The van der Waals surface area contributed by atoms with Gasteiger partial charge in [-0.1, -0.05) is 30.5 Å². The average molecular weight is 268 g/mol. The van der Waals surface area contributed by atoms with E-state index in [1.807, 2.05) is 0 Å². The van der Waals surface area contributed by atoms with E-state index in [0.717, 1.165) is 6.54 Å². The van der Waals surface area contributed by atoms with Gasteiger partial charge in [0.1, 0.15) is 5.02 Å². The van der Waals surface area contributed by atoms with Gasteiger partial charge in [0.2, 0.25) is 0 Å². The quantitative estimate of drug-likeness (QED) is 0.835. The smallest absolute Gasteiger partial charge is 0.287 e. The molecule has 0 radical (unpaired) electrons. The molecule has 4 nitrogen and oxygen atoms in total. The molecule has 2 rings (SSSR count). The van der Waals surface area contributed by atoms with Gasteiger partial charge < -0.3 is 5.32 Å². The molecule has 0 spiro atoms. The molecule has 5 heteroatoms. The lowest BCUT2D eigenvalue weighted by molar-refractivity contribution is 0.578. The zero-order chi connectivity index (χ0) is 13.0. The Kier molecular flexibility index (Phi) is 4.42. The number of hydrogen-bond donors (Lipinski definition) is 1. The summed E-state index contributed by atoms with van der Waals surface area (Å²) in [6.45, 7) is 4.82. The molecule has 18 heavy (non-hydrogen) atoms. The molecular formula is C13H18ClN3O. The Morgan fingerprint density at radius 1 is 1.56 bits per heavy atom. The van der Waals surface area contributed by atoms with Crippen LogP contribution in [0, 0.1) is 5.92 Å². The van der Waals surface area contributed by atoms with E-state index in [-0.39, 0.29) is 10.6 Å². The van der Waals surface area contributed by atoms with E-state index >= 15 is 0 Å². The molecule has 1 aromatic heterocycles. The molecule has 1 aliphatic carbocycles. The van der Waals surface area contributed by atoms with E-state index in [2.05, 4.69) is 17.0 Å². The molecule has 0 atom stereocenters. The van der Waals surface area contributed by atoms with Crippen molar-refractivity contribution in [2.24, 2.45) is 5.92 Å². The van der Waals surface area contributed by atoms with Crippen LogP contribution in [0.1, 0.15) is 25.7 Å². The summed E-state index contributed by atoms with van der Waals surface area (Å²) < 4.78 is 1.30. The predicted octanol–water partition coefficient (Wildman–Crippen LogP) is 2.68. The van der Waals surface area contributed by atoms with Crippen molar-refractivity contribution in [3.05, 3.63) is 34.2 Å². The van der Waals surface area contributed by atoms with Crippen molar-refractivity contribution in [2.45, 2.75) is 32.2 Å². The minimum Gasteiger partial charge on any atom is -0.382 e. The minimum absolute atomic E-state index is 0.213. The molecule has 1 aromatic rings. The molecule has 1 fully saturated rings. The highest BCUT2D eigenvalue weighted by atomic mass is 35.5. The molecule has 0 aromatic carbocycles. The highest BCUT2D eigenvalue weighted by molar-refractivity contribution is 6.32. The standard InChI is InChI=1S/C13H18ClN3O/c1-2-7-17-13(18)12(14)11(9-16-17)15-8-10-5-3-4-6-10/h2,9-10,15H,1,3-8H2. The van der Waals surface area contributed by atoms with Crippen LogP contribution in [0.2, 0.25) is 5.02 Å². The molecule has 1 aliphatic rings. The SMILES string of the molecule is C=CCn1ncc(NCC2CCCC2)c(Cl)c1=O. The predicted molar refractivity (Wildman–Crippen MR) is 74.2 cm³/mol. The number of anilines is 1. The number of hydrogen-bond acceptors (Lipinski definition) is 3. The van der Waals surface area contributed by atoms with Gasteiger partial charge >= 0.3 is 0 Å². The first-order chi connectivity index (χ1) is 8.72. The van der Waals surface area contributed by atoms with Crippen molar-refractivity contribution < 1.29 is 0 Å². The molecule has 98 valence electrons. The van der Waals surface area contributed by atoms with Crippen molar-refractivity contribution in [2.75, 3.05) is 11.9 Å². The molecule has 0 aliphatic heterocycles. The molecule has 1 saturated carbocycles. The van der Waals surface area contributed by atoms with Crippen LogP contribution in [-0.2, 0) is 6.54 Å². The molecule has 0 bridgehead atoms. The summed E-state index contributed by atoms with van der Waals surface area (Å²) in [5, 5.41) is 7.50. The van der Waals surface area contributed by atoms with E-state index in [1.54, 1.807) is 12.3 Å². The largest absolute Gasteiger partial charge is 0.382 e. The van der Waals surface area contributed by atoms with Crippen LogP contribution in [0.15, 0.2) is 23.6 Å². The van der Waals surface area contributed by atoms with Crippen LogP contribution >= 0.6 is 11.6 Å². The van der Waals surface area contributed by atoms with Crippen molar-refractivity contribution in [3.8, 4) is 0 Å². The zero-order valence-electron chi connectivity index (χ0n) is 10.4. The maximum Gasteiger partial charge on any atom is 0.287 e.